The van der Waals surface area contributed by atoms with Gasteiger partial charge in [-0.15, -0.1) is 0 Å². The van der Waals surface area contributed by atoms with Crippen molar-refractivity contribution in [2.24, 2.45) is 0 Å². The number of para-hydroxylation sites is 2. The number of fused-ring (bicyclic) bond motifs is 1. The molecule has 2 heterocycles. The van der Waals surface area contributed by atoms with Crippen LogP contribution in [0.3, 0.4) is 0 Å². The summed E-state index contributed by atoms with van der Waals surface area (Å²) in [6.45, 7) is 1.99. The summed E-state index contributed by atoms with van der Waals surface area (Å²) in [5, 5.41) is 2.51. The van der Waals surface area contributed by atoms with Gasteiger partial charge in [0.25, 0.3) is 11.8 Å². The second-order valence-electron chi connectivity index (χ2n) is 6.75. The maximum atomic E-state index is 13.8. The fraction of sp³-hybridized carbons (Fsp3) is 0.136. The second-order valence-corrected chi connectivity index (χ2v) is 6.75. The Hall–Kier alpha value is -3.54. The molecule has 140 valence electrons. The highest BCUT2D eigenvalue weighted by Crippen LogP contribution is 2.33. The van der Waals surface area contributed by atoms with Crippen molar-refractivity contribution in [2.45, 2.75) is 19.4 Å². The van der Waals surface area contributed by atoms with Crippen molar-refractivity contribution >= 4 is 23.2 Å². The SMILES string of the molecule is CC1Cc2ccccc2N1C(=O)c1cncc(C(=O)Nc2ccccc2F)c1. The van der Waals surface area contributed by atoms with Gasteiger partial charge < -0.3 is 10.2 Å². The van der Waals surface area contributed by atoms with Crippen molar-refractivity contribution in [3.8, 4) is 0 Å². The third-order valence-corrected chi connectivity index (χ3v) is 4.80. The van der Waals surface area contributed by atoms with E-state index in [0.717, 1.165) is 17.7 Å². The minimum atomic E-state index is -0.529. The van der Waals surface area contributed by atoms with Gasteiger partial charge in [-0.1, -0.05) is 30.3 Å². The summed E-state index contributed by atoms with van der Waals surface area (Å²) in [5.41, 5.74) is 2.57. The number of nitrogens with one attached hydrogen (secondary N) is 1. The molecule has 4 rings (SSSR count). The van der Waals surface area contributed by atoms with E-state index in [1.807, 2.05) is 31.2 Å². The summed E-state index contributed by atoms with van der Waals surface area (Å²) in [4.78, 5) is 31.4. The number of nitrogens with zero attached hydrogens (tertiary/aromatic N) is 2. The lowest BCUT2D eigenvalue weighted by Gasteiger charge is -2.22. The number of aromatic nitrogens is 1. The van der Waals surface area contributed by atoms with Gasteiger partial charge in [-0.2, -0.15) is 0 Å². The number of halogens is 1. The highest BCUT2D eigenvalue weighted by atomic mass is 19.1. The molecule has 0 saturated carbocycles. The number of pyridine rings is 1. The Morgan fingerprint density at radius 2 is 1.79 bits per heavy atom. The minimum Gasteiger partial charge on any atom is -0.319 e. The minimum absolute atomic E-state index is 0.0146. The summed E-state index contributed by atoms with van der Waals surface area (Å²) in [6.07, 6.45) is 3.58. The van der Waals surface area contributed by atoms with Crippen LogP contribution in [0.1, 0.15) is 33.2 Å². The highest BCUT2D eigenvalue weighted by Gasteiger charge is 2.31. The first kappa shape index (κ1) is 17.9. The Balaban J connectivity index is 1.60. The largest absolute Gasteiger partial charge is 0.319 e. The smallest absolute Gasteiger partial charge is 0.260 e. The van der Waals surface area contributed by atoms with Crippen LogP contribution in [-0.4, -0.2) is 22.8 Å². The number of hydrogen-bond acceptors (Lipinski definition) is 3. The molecule has 2 aromatic carbocycles. The molecule has 0 radical (unpaired) electrons. The van der Waals surface area contributed by atoms with Crippen LogP contribution in [0.2, 0.25) is 0 Å². The average molecular weight is 375 g/mol. The van der Waals surface area contributed by atoms with Crippen LogP contribution in [0.4, 0.5) is 15.8 Å². The van der Waals surface area contributed by atoms with E-state index in [2.05, 4.69) is 10.3 Å². The molecule has 6 heteroatoms. The van der Waals surface area contributed by atoms with Gasteiger partial charge in [-0.3, -0.25) is 14.6 Å². The summed E-state index contributed by atoms with van der Waals surface area (Å²) in [6, 6.07) is 15.2. The summed E-state index contributed by atoms with van der Waals surface area (Å²) in [5.74, 6) is -1.27. The highest BCUT2D eigenvalue weighted by molar-refractivity contribution is 6.10. The molecule has 5 nitrogen and oxygen atoms in total. The van der Waals surface area contributed by atoms with Crippen LogP contribution in [0.15, 0.2) is 67.0 Å². The fourth-order valence-electron chi connectivity index (χ4n) is 3.45. The number of benzene rings is 2. The molecule has 0 spiro atoms. The van der Waals surface area contributed by atoms with Gasteiger partial charge in [0, 0.05) is 24.1 Å². The van der Waals surface area contributed by atoms with Gasteiger partial charge in [0.2, 0.25) is 0 Å². The third-order valence-electron chi connectivity index (χ3n) is 4.80. The molecule has 0 bridgehead atoms. The molecule has 3 aromatic rings. The van der Waals surface area contributed by atoms with Crippen molar-refractivity contribution in [1.82, 2.24) is 4.98 Å². The molecule has 2 amide bonds. The van der Waals surface area contributed by atoms with Gasteiger partial charge in [0.1, 0.15) is 5.82 Å². The number of anilines is 2. The van der Waals surface area contributed by atoms with Gasteiger partial charge in [-0.25, -0.2) is 4.39 Å². The van der Waals surface area contributed by atoms with Crippen molar-refractivity contribution in [1.29, 1.82) is 0 Å². The zero-order valence-corrected chi connectivity index (χ0v) is 15.2. The number of rotatable bonds is 3. The van der Waals surface area contributed by atoms with E-state index >= 15 is 0 Å². The normalized spacial score (nSPS) is 15.2. The molecule has 1 aliphatic heterocycles. The van der Waals surface area contributed by atoms with Gasteiger partial charge in [0.15, 0.2) is 0 Å². The third kappa shape index (κ3) is 3.24. The van der Waals surface area contributed by atoms with E-state index in [-0.39, 0.29) is 23.2 Å². The van der Waals surface area contributed by atoms with E-state index in [1.165, 1.54) is 30.6 Å². The Morgan fingerprint density at radius 1 is 1.07 bits per heavy atom. The lowest BCUT2D eigenvalue weighted by molar-refractivity contribution is 0.0981. The first-order valence-electron chi connectivity index (χ1n) is 8.97. The van der Waals surface area contributed by atoms with Crippen molar-refractivity contribution in [3.63, 3.8) is 0 Å². The Morgan fingerprint density at radius 3 is 2.61 bits per heavy atom. The first-order chi connectivity index (χ1) is 13.5. The predicted octanol–water partition coefficient (Wildman–Crippen LogP) is 4.06. The van der Waals surface area contributed by atoms with Crippen LogP contribution < -0.4 is 10.2 Å². The molecule has 28 heavy (non-hydrogen) atoms. The lowest BCUT2D eigenvalue weighted by Crippen LogP contribution is -2.35. The van der Waals surface area contributed by atoms with Crippen molar-refractivity contribution in [3.05, 3.63) is 89.5 Å². The van der Waals surface area contributed by atoms with Crippen LogP contribution in [-0.2, 0) is 6.42 Å². The molecule has 1 aliphatic rings. The summed E-state index contributed by atoms with van der Waals surface area (Å²) in [7, 11) is 0. The molecular formula is C22H18FN3O2. The van der Waals surface area contributed by atoms with Gasteiger partial charge in [0.05, 0.1) is 16.8 Å². The van der Waals surface area contributed by atoms with Crippen LogP contribution in [0, 0.1) is 5.82 Å². The molecule has 0 saturated heterocycles. The fourth-order valence-corrected chi connectivity index (χ4v) is 3.45. The van der Waals surface area contributed by atoms with E-state index in [0.29, 0.717) is 5.56 Å². The Labute approximate surface area is 161 Å². The van der Waals surface area contributed by atoms with Crippen molar-refractivity contribution < 1.29 is 14.0 Å². The zero-order chi connectivity index (χ0) is 19.7. The Bertz CT molecular complexity index is 1070. The van der Waals surface area contributed by atoms with Gasteiger partial charge >= 0.3 is 0 Å². The molecule has 1 aromatic heterocycles. The quantitative estimate of drug-likeness (QED) is 0.751. The first-order valence-corrected chi connectivity index (χ1v) is 8.97. The standard InChI is InChI=1S/C22H18FN3O2/c1-14-10-15-6-2-5-9-20(15)26(14)22(28)17-11-16(12-24-13-17)21(27)25-19-8-4-3-7-18(19)23/h2-9,11-14H,10H2,1H3,(H,25,27). The second kappa shape index (κ2) is 7.23. The van der Waals surface area contributed by atoms with Crippen LogP contribution >= 0.6 is 0 Å². The summed E-state index contributed by atoms with van der Waals surface area (Å²) >= 11 is 0. The molecule has 1 unspecified atom stereocenters. The molecule has 0 fully saturated rings. The number of hydrogen-bond donors (Lipinski definition) is 1. The maximum Gasteiger partial charge on any atom is 0.260 e. The topological polar surface area (TPSA) is 62.3 Å². The monoisotopic (exact) mass is 375 g/mol. The van der Waals surface area contributed by atoms with E-state index in [4.69, 9.17) is 0 Å². The molecule has 1 atom stereocenters. The van der Waals surface area contributed by atoms with Crippen LogP contribution in [0.25, 0.3) is 0 Å². The van der Waals surface area contributed by atoms with E-state index < -0.39 is 11.7 Å². The molecular weight excluding hydrogens is 357 g/mol. The van der Waals surface area contributed by atoms with Crippen LogP contribution in [0.5, 0.6) is 0 Å². The van der Waals surface area contributed by atoms with Gasteiger partial charge in [-0.05, 0) is 43.2 Å². The van der Waals surface area contributed by atoms with E-state index in [9.17, 15) is 14.0 Å². The summed E-state index contributed by atoms with van der Waals surface area (Å²) < 4.78 is 13.8. The van der Waals surface area contributed by atoms with E-state index in [1.54, 1.807) is 17.0 Å². The Kier molecular flexibility index (Phi) is 4.61. The number of carbonyl (C=O) groups is 2. The molecule has 1 N–H and O–H groups in total. The number of amides is 2. The lowest BCUT2D eigenvalue weighted by atomic mass is 10.1. The average Bonchev–Trinajstić information content (AvgIpc) is 3.05. The number of carbonyl (C=O) groups excluding carboxylic acids is 2. The molecule has 0 aliphatic carbocycles. The van der Waals surface area contributed by atoms with Crippen molar-refractivity contribution in [2.75, 3.05) is 10.2 Å². The maximum absolute atomic E-state index is 13.8. The zero-order valence-electron chi connectivity index (χ0n) is 15.2. The predicted molar refractivity (Wildman–Crippen MR) is 105 cm³/mol.